The number of amides is 1. The van der Waals surface area contributed by atoms with Crippen molar-refractivity contribution in [2.75, 3.05) is 18.6 Å². The number of carbonyl (C=O) groups excluding carboxylic acids is 1. The number of rotatable bonds is 7. The first-order valence-electron chi connectivity index (χ1n) is 7.05. The highest BCUT2D eigenvalue weighted by Crippen LogP contribution is 2.38. The fourth-order valence-electron chi connectivity index (χ4n) is 1.94. The van der Waals surface area contributed by atoms with Crippen LogP contribution in [-0.4, -0.2) is 31.7 Å². The molecule has 0 unspecified atom stereocenters. The first-order chi connectivity index (χ1) is 10.6. The van der Waals surface area contributed by atoms with Crippen LogP contribution in [0.3, 0.4) is 0 Å². The van der Waals surface area contributed by atoms with Crippen molar-refractivity contribution >= 4 is 11.6 Å². The Balaban J connectivity index is 3.16. The third-order valence-corrected chi connectivity index (χ3v) is 3.22. The molecule has 1 amide bonds. The summed E-state index contributed by atoms with van der Waals surface area (Å²) < 4.78 is 69.1. The van der Waals surface area contributed by atoms with Crippen molar-refractivity contribution in [3.8, 4) is 5.75 Å². The summed E-state index contributed by atoms with van der Waals surface area (Å²) in [7, 11) is 1.33. The van der Waals surface area contributed by atoms with Crippen molar-refractivity contribution in [3.05, 3.63) is 24.3 Å². The van der Waals surface area contributed by atoms with Crippen molar-refractivity contribution in [2.45, 2.75) is 38.3 Å². The zero-order chi connectivity index (χ0) is 17.7. The number of nitrogens with zero attached hydrogens (tertiary/aromatic N) is 1. The first-order valence-corrected chi connectivity index (χ1v) is 7.05. The van der Waals surface area contributed by atoms with E-state index in [0.717, 1.165) is 6.42 Å². The van der Waals surface area contributed by atoms with E-state index < -0.39 is 18.0 Å². The number of benzene rings is 1. The molecule has 8 heteroatoms. The molecule has 130 valence electrons. The van der Waals surface area contributed by atoms with E-state index in [0.29, 0.717) is 17.7 Å². The van der Waals surface area contributed by atoms with Gasteiger partial charge in [0.25, 0.3) is 0 Å². The molecule has 0 spiro atoms. The van der Waals surface area contributed by atoms with Crippen LogP contribution in [0.2, 0.25) is 0 Å². The lowest BCUT2D eigenvalue weighted by molar-refractivity contribution is -0.268. The Morgan fingerprint density at radius 2 is 1.83 bits per heavy atom. The maximum absolute atomic E-state index is 13.4. The average molecular weight is 339 g/mol. The maximum atomic E-state index is 13.4. The Hall–Kier alpha value is -1.86. The number of alkyl halides is 5. The van der Waals surface area contributed by atoms with Crippen LogP contribution >= 0.6 is 0 Å². The molecule has 0 atom stereocenters. The highest BCUT2D eigenvalue weighted by molar-refractivity contribution is 5.99. The van der Waals surface area contributed by atoms with Crippen LogP contribution in [0.25, 0.3) is 0 Å². The molecule has 0 aliphatic rings. The maximum Gasteiger partial charge on any atom is 0.463 e. The molecule has 23 heavy (non-hydrogen) atoms. The number of ether oxygens (including phenoxy) is 1. The Bertz CT molecular complexity index is 531. The molecule has 0 fully saturated rings. The zero-order valence-electron chi connectivity index (χ0n) is 12.8. The number of unbranched alkanes of at least 4 members (excludes halogenated alkanes) is 2. The summed E-state index contributed by atoms with van der Waals surface area (Å²) in [6.45, 7) is 1.62. The van der Waals surface area contributed by atoms with Crippen LogP contribution in [0, 0.1) is 0 Å². The van der Waals surface area contributed by atoms with Crippen LogP contribution < -0.4 is 9.64 Å². The smallest absolute Gasteiger partial charge is 0.463 e. The summed E-state index contributed by atoms with van der Waals surface area (Å²) in [5, 5.41) is 0. The minimum atomic E-state index is -5.94. The highest BCUT2D eigenvalue weighted by atomic mass is 19.4. The van der Waals surface area contributed by atoms with Crippen LogP contribution in [-0.2, 0) is 4.79 Å². The van der Waals surface area contributed by atoms with Gasteiger partial charge in [-0.1, -0.05) is 25.8 Å². The second kappa shape index (κ2) is 7.61. The summed E-state index contributed by atoms with van der Waals surface area (Å²) >= 11 is 0. The number of hydrogen-bond donors (Lipinski definition) is 0. The molecule has 0 saturated heterocycles. The first kappa shape index (κ1) is 19.2. The normalized spacial score (nSPS) is 12.1. The Morgan fingerprint density at radius 3 is 2.35 bits per heavy atom. The molecular formula is C15H18F5NO2. The Morgan fingerprint density at radius 1 is 1.17 bits per heavy atom. The lowest BCUT2D eigenvalue weighted by Gasteiger charge is -2.28. The third kappa shape index (κ3) is 4.56. The van der Waals surface area contributed by atoms with Gasteiger partial charge in [-0.2, -0.15) is 22.0 Å². The van der Waals surface area contributed by atoms with E-state index in [4.69, 9.17) is 4.74 Å². The highest BCUT2D eigenvalue weighted by Gasteiger charge is 2.64. The second-order valence-corrected chi connectivity index (χ2v) is 4.94. The summed E-state index contributed by atoms with van der Waals surface area (Å²) in [6.07, 6.45) is -4.29. The quantitative estimate of drug-likeness (QED) is 0.544. The predicted molar refractivity (Wildman–Crippen MR) is 75.9 cm³/mol. The van der Waals surface area contributed by atoms with Gasteiger partial charge in [-0.3, -0.25) is 4.79 Å². The molecule has 1 aromatic carbocycles. The van der Waals surface area contributed by atoms with Gasteiger partial charge in [0.1, 0.15) is 5.75 Å². The fourth-order valence-corrected chi connectivity index (χ4v) is 1.94. The van der Waals surface area contributed by atoms with Crippen molar-refractivity contribution in [3.63, 3.8) is 0 Å². The van der Waals surface area contributed by atoms with Gasteiger partial charge in [-0.15, -0.1) is 0 Å². The Labute approximate surface area is 131 Å². The zero-order valence-corrected chi connectivity index (χ0v) is 12.8. The van der Waals surface area contributed by atoms with E-state index in [9.17, 15) is 26.7 Å². The van der Waals surface area contributed by atoms with Crippen molar-refractivity contribution < 1.29 is 31.5 Å². The van der Waals surface area contributed by atoms with Crippen LogP contribution in [0.15, 0.2) is 24.3 Å². The summed E-state index contributed by atoms with van der Waals surface area (Å²) in [6, 6.07) is 5.45. The van der Waals surface area contributed by atoms with Gasteiger partial charge in [0.05, 0.1) is 7.11 Å². The minimum absolute atomic E-state index is 0.0608. The number of methoxy groups -OCH3 is 1. The molecule has 0 saturated carbocycles. The SMILES string of the molecule is CCCCCN(C(=O)C(F)(F)C(F)(F)F)c1cccc(OC)c1. The topological polar surface area (TPSA) is 29.5 Å². The number of anilines is 1. The molecule has 3 nitrogen and oxygen atoms in total. The predicted octanol–water partition coefficient (Wildman–Crippen LogP) is 4.42. The van der Waals surface area contributed by atoms with Crippen LogP contribution in [0.4, 0.5) is 27.6 Å². The number of hydrogen-bond acceptors (Lipinski definition) is 2. The molecule has 0 aliphatic carbocycles. The molecule has 0 aliphatic heterocycles. The van der Waals surface area contributed by atoms with E-state index in [-0.39, 0.29) is 18.0 Å². The average Bonchev–Trinajstić information content (AvgIpc) is 2.50. The summed E-state index contributed by atoms with van der Waals surface area (Å²) in [5.74, 6) is -7.47. The molecule has 0 heterocycles. The summed E-state index contributed by atoms with van der Waals surface area (Å²) in [4.78, 5) is 12.3. The molecular weight excluding hydrogens is 321 g/mol. The van der Waals surface area contributed by atoms with Crippen molar-refractivity contribution in [1.29, 1.82) is 0 Å². The van der Waals surface area contributed by atoms with E-state index in [1.165, 1.54) is 31.4 Å². The van der Waals surface area contributed by atoms with Crippen LogP contribution in [0.5, 0.6) is 5.75 Å². The minimum Gasteiger partial charge on any atom is -0.497 e. The monoisotopic (exact) mass is 339 g/mol. The van der Waals surface area contributed by atoms with Gasteiger partial charge in [-0.05, 0) is 18.6 Å². The van der Waals surface area contributed by atoms with Gasteiger partial charge in [-0.25, -0.2) is 0 Å². The molecule has 0 N–H and O–H groups in total. The second-order valence-electron chi connectivity index (χ2n) is 4.94. The summed E-state index contributed by atoms with van der Waals surface area (Å²) in [5.41, 5.74) is -0.0608. The van der Waals surface area contributed by atoms with Crippen LogP contribution in [0.1, 0.15) is 26.2 Å². The van der Waals surface area contributed by atoms with E-state index in [1.54, 1.807) is 0 Å². The molecule has 1 rings (SSSR count). The molecule has 0 aromatic heterocycles. The fraction of sp³-hybridized carbons (Fsp3) is 0.533. The van der Waals surface area contributed by atoms with Crippen molar-refractivity contribution in [2.24, 2.45) is 0 Å². The molecule has 1 aromatic rings. The molecule has 0 bridgehead atoms. The van der Waals surface area contributed by atoms with E-state index in [1.807, 2.05) is 6.92 Å². The van der Waals surface area contributed by atoms with Gasteiger partial charge in [0, 0.05) is 18.3 Å². The lowest BCUT2D eigenvalue weighted by atomic mass is 10.2. The van der Waals surface area contributed by atoms with E-state index >= 15 is 0 Å². The largest absolute Gasteiger partial charge is 0.497 e. The Kier molecular flexibility index (Phi) is 6.35. The number of carbonyl (C=O) groups is 1. The van der Waals surface area contributed by atoms with Crippen molar-refractivity contribution in [1.82, 2.24) is 0 Å². The number of halogens is 5. The van der Waals surface area contributed by atoms with E-state index in [2.05, 4.69) is 0 Å². The van der Waals surface area contributed by atoms with Gasteiger partial charge in [0.2, 0.25) is 0 Å². The third-order valence-electron chi connectivity index (χ3n) is 3.22. The molecule has 0 radical (unpaired) electrons. The van der Waals surface area contributed by atoms with Gasteiger partial charge >= 0.3 is 18.0 Å². The van der Waals surface area contributed by atoms with Gasteiger partial charge < -0.3 is 9.64 Å². The standard InChI is InChI=1S/C15H18F5NO2/c1-3-4-5-9-21(11-7-6-8-12(10-11)23-2)13(22)14(16,17)15(18,19)20/h6-8,10H,3-5,9H2,1-2H3. The van der Waals surface area contributed by atoms with Gasteiger partial charge in [0.15, 0.2) is 0 Å². The lowest BCUT2D eigenvalue weighted by Crippen LogP contribution is -2.52.